The summed E-state index contributed by atoms with van der Waals surface area (Å²) in [5.41, 5.74) is 6.14. The number of nitrogens with zero attached hydrogens (tertiary/aromatic N) is 1. The number of nitrogens with one attached hydrogen (secondary N) is 7. The zero-order chi connectivity index (χ0) is 60.5. The second-order valence-electron chi connectivity index (χ2n) is 21.0. The summed E-state index contributed by atoms with van der Waals surface area (Å²) in [5, 5.41) is 28.9. The van der Waals surface area contributed by atoms with Gasteiger partial charge < -0.3 is 57.0 Å². The highest BCUT2D eigenvalue weighted by Crippen LogP contribution is 2.40. The van der Waals surface area contributed by atoms with Crippen LogP contribution in [0.5, 0.6) is 0 Å². The number of carboxylic acids is 1. The highest BCUT2D eigenvalue weighted by Gasteiger charge is 2.40. The number of primary amides is 1. The van der Waals surface area contributed by atoms with E-state index in [0.717, 1.165) is 17.1 Å². The van der Waals surface area contributed by atoms with Crippen molar-refractivity contribution in [2.24, 2.45) is 11.7 Å². The number of carboxylic acid groups (broad SMARTS) is 1. The van der Waals surface area contributed by atoms with Crippen molar-refractivity contribution in [1.29, 1.82) is 0 Å². The maximum Gasteiger partial charge on any atom is 0.407 e. The highest BCUT2D eigenvalue weighted by atomic mass is 16.6. The van der Waals surface area contributed by atoms with E-state index in [-0.39, 0.29) is 57.8 Å². The number of anilines is 1. The standard InChI is InChI=1S/C60H75N9O14/c1-39(2)35-47(66-46(56(77)78)28-29-49(61)70)55(76)68-48(38-82-60(41-17-9-6-10-18-41,42-19-11-7-12-20-42)43-21-13-8-14-22-43)53(74)64-36-50(71)67-45(23-15-16-32-62-58(80)83-59(3,4)5)54(75)65-44-26-24-40(25-27-44)37-81-57(79)63-33-34-69-51(72)30-31-52(69)73/h6-14,17-22,24-27,30-31,39,45-48,66H,15-16,23,28-29,32-38H2,1-5H3,(H2,61,70)(H,62,80)(H,63,79)(H,64,74)(H,65,75)(H,67,71)(H,68,76)(H,77,78)/t45?,46-,47?,48?/m0/s1. The van der Waals surface area contributed by atoms with Crippen molar-refractivity contribution in [3.63, 3.8) is 0 Å². The van der Waals surface area contributed by atoms with Gasteiger partial charge in [0.25, 0.3) is 11.8 Å². The van der Waals surface area contributed by atoms with Crippen LogP contribution in [-0.4, -0.2) is 132 Å². The van der Waals surface area contributed by atoms with E-state index in [1.807, 2.05) is 105 Å². The van der Waals surface area contributed by atoms with Crippen molar-refractivity contribution in [3.05, 3.63) is 150 Å². The highest BCUT2D eigenvalue weighted by molar-refractivity contribution is 6.12. The van der Waals surface area contributed by atoms with Crippen molar-refractivity contribution >= 4 is 65.2 Å². The fraction of sp³-hybridized carbons (Fsp3) is 0.400. The molecule has 4 aromatic rings. The second kappa shape index (κ2) is 31.9. The molecule has 3 unspecified atom stereocenters. The average molecular weight is 1150 g/mol. The number of rotatable bonds is 32. The third kappa shape index (κ3) is 21.1. The van der Waals surface area contributed by atoms with Gasteiger partial charge in [-0.15, -0.1) is 0 Å². The first-order chi connectivity index (χ1) is 39.5. The van der Waals surface area contributed by atoms with Crippen LogP contribution >= 0.6 is 0 Å². The van der Waals surface area contributed by atoms with E-state index in [4.69, 9.17) is 19.9 Å². The second-order valence-corrected chi connectivity index (χ2v) is 21.0. The number of benzene rings is 4. The molecular weight excluding hydrogens is 1070 g/mol. The topological polar surface area (TPSA) is 332 Å². The lowest BCUT2D eigenvalue weighted by Gasteiger charge is -2.37. The Labute approximate surface area is 482 Å². The molecule has 444 valence electrons. The molecule has 0 saturated carbocycles. The molecule has 0 bridgehead atoms. The zero-order valence-electron chi connectivity index (χ0n) is 47.3. The van der Waals surface area contributed by atoms with E-state index in [1.54, 1.807) is 45.0 Å². The lowest BCUT2D eigenvalue weighted by atomic mass is 9.80. The monoisotopic (exact) mass is 1150 g/mol. The molecule has 5 rings (SSSR count). The summed E-state index contributed by atoms with van der Waals surface area (Å²) in [6.07, 6.45) is 1.26. The summed E-state index contributed by atoms with van der Waals surface area (Å²) >= 11 is 0. The molecule has 0 spiro atoms. The van der Waals surface area contributed by atoms with Gasteiger partial charge in [-0.1, -0.05) is 117 Å². The Bertz CT molecular complexity index is 2770. The average Bonchev–Trinajstić information content (AvgIpc) is 2.99. The molecule has 1 aliphatic rings. The molecule has 0 aromatic heterocycles. The van der Waals surface area contributed by atoms with Crippen LogP contribution in [0.4, 0.5) is 15.3 Å². The number of aliphatic carboxylic acids is 1. The molecule has 0 radical (unpaired) electrons. The Morgan fingerprint density at radius 1 is 0.627 bits per heavy atom. The quantitative estimate of drug-likeness (QED) is 0.0187. The number of carbonyl (C=O) groups excluding carboxylic acids is 9. The first kappa shape index (κ1) is 64.9. The minimum absolute atomic E-state index is 0.0292. The summed E-state index contributed by atoms with van der Waals surface area (Å²) in [4.78, 5) is 130. The molecule has 1 heterocycles. The third-order valence-corrected chi connectivity index (χ3v) is 12.8. The summed E-state index contributed by atoms with van der Waals surface area (Å²) in [6, 6.07) is 28.8. The number of alkyl carbamates (subject to hydrolysis) is 2. The maximum atomic E-state index is 14.6. The Kier molecular flexibility index (Phi) is 24.9. The summed E-state index contributed by atoms with van der Waals surface area (Å²) in [5.74, 6) is -6.24. The SMILES string of the molecule is CC(C)CC(N[C@@H](CCC(N)=O)C(=O)O)C(=O)NC(COC(c1ccccc1)(c1ccccc1)c1ccccc1)C(=O)NCC(=O)NC(CCCCNC(=O)OC(C)(C)C)C(=O)Nc1ccc(COC(=O)NCCN2C(=O)C=CC2=O)cc1. The van der Waals surface area contributed by atoms with Crippen molar-refractivity contribution in [2.75, 3.05) is 38.1 Å². The molecular formula is C60H75N9O14. The smallest absolute Gasteiger partial charge is 0.407 e. The van der Waals surface area contributed by atoms with Crippen molar-refractivity contribution in [3.8, 4) is 0 Å². The summed E-state index contributed by atoms with van der Waals surface area (Å²) in [6.45, 7) is 7.60. The van der Waals surface area contributed by atoms with E-state index >= 15 is 0 Å². The minimum Gasteiger partial charge on any atom is -0.480 e. The van der Waals surface area contributed by atoms with Crippen molar-refractivity contribution in [1.82, 2.24) is 36.8 Å². The van der Waals surface area contributed by atoms with E-state index < -0.39 is 108 Å². The molecule has 9 amide bonds. The Morgan fingerprint density at radius 2 is 1.19 bits per heavy atom. The molecule has 23 nitrogen and oxygen atoms in total. The Hall–Kier alpha value is -8.96. The first-order valence-corrected chi connectivity index (χ1v) is 27.3. The van der Waals surface area contributed by atoms with Crippen LogP contribution in [-0.2, 0) is 64.8 Å². The summed E-state index contributed by atoms with van der Waals surface area (Å²) < 4.78 is 17.5. The molecule has 0 fully saturated rings. The number of nitrogens with two attached hydrogens (primary N) is 1. The lowest BCUT2D eigenvalue weighted by Crippen LogP contribution is -2.58. The van der Waals surface area contributed by atoms with Gasteiger partial charge in [-0.3, -0.25) is 48.6 Å². The number of hydrogen-bond acceptors (Lipinski definition) is 14. The van der Waals surface area contributed by atoms with Gasteiger partial charge in [-0.2, -0.15) is 0 Å². The van der Waals surface area contributed by atoms with Crippen LogP contribution in [0, 0.1) is 5.92 Å². The molecule has 1 aliphatic heterocycles. The Balaban J connectivity index is 1.35. The lowest BCUT2D eigenvalue weighted by molar-refractivity contribution is -0.141. The zero-order valence-corrected chi connectivity index (χ0v) is 47.3. The van der Waals surface area contributed by atoms with Crippen LogP contribution in [0.15, 0.2) is 127 Å². The molecule has 0 saturated heterocycles. The number of hydrogen-bond donors (Lipinski definition) is 9. The van der Waals surface area contributed by atoms with Crippen LogP contribution in [0.3, 0.4) is 0 Å². The predicted molar refractivity (Wildman–Crippen MR) is 305 cm³/mol. The number of amides is 9. The van der Waals surface area contributed by atoms with Crippen LogP contribution < -0.4 is 43.0 Å². The Morgan fingerprint density at radius 3 is 1.72 bits per heavy atom. The van der Waals surface area contributed by atoms with Gasteiger partial charge in [0, 0.05) is 43.9 Å². The predicted octanol–water partition coefficient (Wildman–Crippen LogP) is 4.29. The fourth-order valence-electron chi connectivity index (χ4n) is 8.78. The van der Waals surface area contributed by atoms with Gasteiger partial charge in [-0.25, -0.2) is 9.59 Å². The molecule has 4 aromatic carbocycles. The normalized spacial score (nSPS) is 13.7. The van der Waals surface area contributed by atoms with E-state index in [1.165, 1.54) is 0 Å². The van der Waals surface area contributed by atoms with E-state index in [0.29, 0.717) is 40.8 Å². The van der Waals surface area contributed by atoms with Crippen LogP contribution in [0.1, 0.15) is 95.4 Å². The van der Waals surface area contributed by atoms with Crippen molar-refractivity contribution < 1.29 is 67.3 Å². The first-order valence-electron chi connectivity index (χ1n) is 27.3. The van der Waals surface area contributed by atoms with Gasteiger partial charge in [0.15, 0.2) is 0 Å². The van der Waals surface area contributed by atoms with Gasteiger partial charge in [0.05, 0.1) is 19.2 Å². The minimum atomic E-state index is -1.54. The summed E-state index contributed by atoms with van der Waals surface area (Å²) in [7, 11) is 0. The fourth-order valence-corrected chi connectivity index (χ4v) is 8.78. The van der Waals surface area contributed by atoms with Gasteiger partial charge in [-0.05, 0) is 93.2 Å². The molecule has 83 heavy (non-hydrogen) atoms. The van der Waals surface area contributed by atoms with Crippen LogP contribution in [0.25, 0.3) is 0 Å². The third-order valence-electron chi connectivity index (χ3n) is 12.8. The molecule has 10 N–H and O–H groups in total. The van der Waals surface area contributed by atoms with Gasteiger partial charge in [0.1, 0.15) is 35.9 Å². The number of unbranched alkanes of at least 4 members (excludes halogenated alkanes) is 1. The number of ether oxygens (including phenoxy) is 3. The molecule has 4 atom stereocenters. The number of carbonyl (C=O) groups is 10. The molecule has 0 aliphatic carbocycles. The van der Waals surface area contributed by atoms with Crippen LogP contribution in [0.2, 0.25) is 0 Å². The molecule has 23 heteroatoms. The number of imide groups is 1. The van der Waals surface area contributed by atoms with E-state index in [9.17, 15) is 53.1 Å². The van der Waals surface area contributed by atoms with Gasteiger partial charge in [0.2, 0.25) is 29.5 Å². The van der Waals surface area contributed by atoms with Gasteiger partial charge >= 0.3 is 18.2 Å². The van der Waals surface area contributed by atoms with Crippen molar-refractivity contribution in [2.45, 2.75) is 115 Å². The van der Waals surface area contributed by atoms with E-state index in [2.05, 4.69) is 37.2 Å². The largest absolute Gasteiger partial charge is 0.480 e. The maximum absolute atomic E-state index is 14.6.